The summed E-state index contributed by atoms with van der Waals surface area (Å²) in [4.78, 5) is 22.5. The van der Waals surface area contributed by atoms with Gasteiger partial charge >= 0.3 is 5.97 Å². The lowest BCUT2D eigenvalue weighted by molar-refractivity contribution is -0.155. The van der Waals surface area contributed by atoms with Gasteiger partial charge in [0.15, 0.2) is 5.60 Å². The van der Waals surface area contributed by atoms with E-state index < -0.39 is 17.5 Å². The van der Waals surface area contributed by atoms with Crippen molar-refractivity contribution in [3.8, 4) is 0 Å². The summed E-state index contributed by atoms with van der Waals surface area (Å²) in [7, 11) is 0. The van der Waals surface area contributed by atoms with Gasteiger partial charge in [0.1, 0.15) is 0 Å². The quantitative estimate of drug-likeness (QED) is 0.688. The van der Waals surface area contributed by atoms with Crippen LogP contribution >= 0.6 is 34.2 Å². The number of carboxylic acid groups (broad SMARTS) is 1. The van der Waals surface area contributed by atoms with Crippen molar-refractivity contribution in [1.82, 2.24) is 5.32 Å². The first-order valence-corrected chi connectivity index (χ1v) is 6.39. The van der Waals surface area contributed by atoms with E-state index in [9.17, 15) is 14.7 Å². The molecule has 0 fully saturated rings. The predicted octanol–water partition coefficient (Wildman–Crippen LogP) is 1.51. The normalized spacial score (nSPS) is 13.8. The Hall–Kier alpha value is -0.860. The van der Waals surface area contributed by atoms with Crippen LogP contribution in [0.3, 0.4) is 0 Å². The van der Waals surface area contributed by atoms with Gasteiger partial charge in [-0.25, -0.2) is 4.79 Å². The highest BCUT2D eigenvalue weighted by molar-refractivity contribution is 14.1. The number of hydrogen-bond acceptors (Lipinski definition) is 3. The number of carboxylic acids is 1. The minimum atomic E-state index is -2.00. The standard InChI is InChI=1S/C11H11ClINO4/c1-11(18,10(16)17)5-14-9(15)7-4-6(12)2-3-8(7)13/h2-4,18H,5H2,1H3,(H,14,15)(H,16,17). The molecule has 1 unspecified atom stereocenters. The van der Waals surface area contributed by atoms with Crippen LogP contribution in [-0.2, 0) is 4.79 Å². The monoisotopic (exact) mass is 383 g/mol. The molecule has 1 amide bonds. The van der Waals surface area contributed by atoms with Gasteiger partial charge in [-0.1, -0.05) is 11.6 Å². The van der Waals surface area contributed by atoms with Crippen molar-refractivity contribution in [3.63, 3.8) is 0 Å². The number of nitrogens with one attached hydrogen (secondary N) is 1. The molecule has 0 aliphatic heterocycles. The zero-order chi connectivity index (χ0) is 13.9. The van der Waals surface area contributed by atoms with Crippen LogP contribution in [0, 0.1) is 3.57 Å². The number of rotatable bonds is 4. The number of benzene rings is 1. The highest BCUT2D eigenvalue weighted by Gasteiger charge is 2.30. The maximum absolute atomic E-state index is 11.8. The molecular formula is C11H11ClINO4. The summed E-state index contributed by atoms with van der Waals surface area (Å²) < 4.78 is 0.685. The predicted molar refractivity (Wildman–Crippen MR) is 74.8 cm³/mol. The fraction of sp³-hybridized carbons (Fsp3) is 0.273. The minimum Gasteiger partial charge on any atom is -0.479 e. The van der Waals surface area contributed by atoms with Crippen LogP contribution in [-0.4, -0.2) is 34.2 Å². The zero-order valence-corrected chi connectivity index (χ0v) is 12.3. The van der Waals surface area contributed by atoms with Gasteiger partial charge in [0.25, 0.3) is 5.91 Å². The number of carbonyl (C=O) groups excluding carboxylic acids is 1. The first-order chi connectivity index (χ1) is 8.24. The number of amides is 1. The fourth-order valence-corrected chi connectivity index (χ4v) is 1.85. The van der Waals surface area contributed by atoms with E-state index in [0.717, 1.165) is 6.92 Å². The van der Waals surface area contributed by atoms with Gasteiger partial charge in [-0.15, -0.1) is 0 Å². The van der Waals surface area contributed by atoms with Gasteiger partial charge in [-0.3, -0.25) is 4.79 Å². The maximum atomic E-state index is 11.8. The summed E-state index contributed by atoms with van der Waals surface area (Å²) in [5.41, 5.74) is -1.66. The molecule has 0 heterocycles. The number of aliphatic carboxylic acids is 1. The second-order valence-corrected chi connectivity index (χ2v) is 5.48. The lowest BCUT2D eigenvalue weighted by Gasteiger charge is -2.18. The molecule has 5 nitrogen and oxygen atoms in total. The Morgan fingerprint density at radius 3 is 2.67 bits per heavy atom. The van der Waals surface area contributed by atoms with E-state index in [4.69, 9.17) is 16.7 Å². The SMILES string of the molecule is CC(O)(CNC(=O)c1cc(Cl)ccc1I)C(=O)O. The van der Waals surface area contributed by atoms with Crippen molar-refractivity contribution < 1.29 is 19.8 Å². The first-order valence-electron chi connectivity index (χ1n) is 4.93. The molecule has 3 N–H and O–H groups in total. The third-order valence-corrected chi connectivity index (χ3v) is 3.40. The van der Waals surface area contributed by atoms with Crippen molar-refractivity contribution in [1.29, 1.82) is 0 Å². The lowest BCUT2D eigenvalue weighted by atomic mass is 10.1. The van der Waals surface area contributed by atoms with Gasteiger partial charge < -0.3 is 15.5 Å². The van der Waals surface area contributed by atoms with Crippen molar-refractivity contribution >= 4 is 46.1 Å². The Morgan fingerprint density at radius 2 is 2.11 bits per heavy atom. The molecular weight excluding hydrogens is 372 g/mol. The minimum absolute atomic E-state index is 0.337. The molecule has 1 aromatic carbocycles. The van der Waals surface area contributed by atoms with Gasteiger partial charge in [0.2, 0.25) is 0 Å². The van der Waals surface area contributed by atoms with Crippen LogP contribution < -0.4 is 5.32 Å². The summed E-state index contributed by atoms with van der Waals surface area (Å²) in [6, 6.07) is 4.80. The average Bonchev–Trinajstić information content (AvgIpc) is 2.29. The van der Waals surface area contributed by atoms with Crippen LogP contribution in [0.15, 0.2) is 18.2 Å². The lowest BCUT2D eigenvalue weighted by Crippen LogP contribution is -2.46. The number of aliphatic hydroxyl groups is 1. The maximum Gasteiger partial charge on any atom is 0.337 e. The highest BCUT2D eigenvalue weighted by Crippen LogP contribution is 2.18. The topological polar surface area (TPSA) is 86.6 Å². The van der Waals surface area contributed by atoms with E-state index in [1.165, 1.54) is 6.07 Å². The molecule has 1 atom stereocenters. The van der Waals surface area contributed by atoms with Gasteiger partial charge in [0.05, 0.1) is 12.1 Å². The van der Waals surface area contributed by atoms with Crippen LogP contribution in [0.4, 0.5) is 0 Å². The number of halogens is 2. The Kier molecular flexibility index (Phi) is 4.94. The van der Waals surface area contributed by atoms with E-state index >= 15 is 0 Å². The van der Waals surface area contributed by atoms with Crippen molar-refractivity contribution in [3.05, 3.63) is 32.4 Å². The first kappa shape index (κ1) is 15.2. The van der Waals surface area contributed by atoms with Gasteiger partial charge in [-0.2, -0.15) is 0 Å². The molecule has 0 aromatic heterocycles. The van der Waals surface area contributed by atoms with Crippen LogP contribution in [0.25, 0.3) is 0 Å². The number of hydrogen-bond donors (Lipinski definition) is 3. The van der Waals surface area contributed by atoms with Crippen molar-refractivity contribution in [2.45, 2.75) is 12.5 Å². The molecule has 0 bridgehead atoms. The fourth-order valence-electron chi connectivity index (χ4n) is 1.09. The van der Waals surface area contributed by atoms with Gasteiger partial charge in [0, 0.05) is 8.59 Å². The second kappa shape index (κ2) is 5.85. The zero-order valence-electron chi connectivity index (χ0n) is 9.41. The van der Waals surface area contributed by atoms with E-state index in [2.05, 4.69) is 5.32 Å². The molecule has 0 aliphatic rings. The Labute approximate surface area is 122 Å². The number of carbonyl (C=O) groups is 2. The van der Waals surface area contributed by atoms with Crippen LogP contribution in [0.5, 0.6) is 0 Å². The molecule has 98 valence electrons. The highest BCUT2D eigenvalue weighted by atomic mass is 127. The summed E-state index contributed by atoms with van der Waals surface area (Å²) in [5.74, 6) is -1.88. The van der Waals surface area contributed by atoms with E-state index in [1.54, 1.807) is 12.1 Å². The van der Waals surface area contributed by atoms with Crippen LogP contribution in [0.2, 0.25) is 5.02 Å². The Bertz CT molecular complexity index is 490. The average molecular weight is 384 g/mol. The Balaban J connectivity index is 2.78. The van der Waals surface area contributed by atoms with E-state index in [1.807, 2.05) is 22.6 Å². The molecule has 0 aliphatic carbocycles. The molecule has 0 spiro atoms. The summed E-state index contributed by atoms with van der Waals surface area (Å²) in [5, 5.41) is 20.9. The van der Waals surface area contributed by atoms with Crippen molar-refractivity contribution in [2.24, 2.45) is 0 Å². The summed E-state index contributed by atoms with van der Waals surface area (Å²) in [6.07, 6.45) is 0. The Morgan fingerprint density at radius 1 is 1.50 bits per heavy atom. The second-order valence-electron chi connectivity index (χ2n) is 3.89. The van der Waals surface area contributed by atoms with Crippen LogP contribution in [0.1, 0.15) is 17.3 Å². The molecule has 0 saturated heterocycles. The summed E-state index contributed by atoms with van der Waals surface area (Å²) in [6.45, 7) is 0.725. The van der Waals surface area contributed by atoms with E-state index in [-0.39, 0.29) is 6.54 Å². The molecule has 7 heteroatoms. The molecule has 0 radical (unpaired) electrons. The van der Waals surface area contributed by atoms with Crippen molar-refractivity contribution in [2.75, 3.05) is 6.54 Å². The molecule has 0 saturated carbocycles. The van der Waals surface area contributed by atoms with Gasteiger partial charge in [-0.05, 0) is 47.7 Å². The van der Waals surface area contributed by atoms with E-state index in [0.29, 0.717) is 14.2 Å². The summed E-state index contributed by atoms with van der Waals surface area (Å²) >= 11 is 7.74. The third kappa shape index (κ3) is 3.82. The molecule has 18 heavy (non-hydrogen) atoms. The molecule has 1 aromatic rings. The smallest absolute Gasteiger partial charge is 0.337 e. The molecule has 1 rings (SSSR count). The largest absolute Gasteiger partial charge is 0.479 e. The third-order valence-electron chi connectivity index (χ3n) is 2.23.